The molecule has 4 nitrogen and oxygen atoms in total. The lowest BCUT2D eigenvalue weighted by molar-refractivity contribution is 1.18. The largest absolute Gasteiger partial charge is 0.356 e. The van der Waals surface area contributed by atoms with Crippen molar-refractivity contribution in [1.29, 1.82) is 0 Å². The van der Waals surface area contributed by atoms with E-state index in [1.54, 1.807) is 6.33 Å². The third kappa shape index (κ3) is 9.21. The van der Waals surface area contributed by atoms with Crippen LogP contribution in [0.2, 0.25) is 0 Å². The highest BCUT2D eigenvalue weighted by atomic mass is 14.9. The average molecular weight is 871 g/mol. The van der Waals surface area contributed by atoms with Gasteiger partial charge >= 0.3 is 0 Å². The van der Waals surface area contributed by atoms with Crippen molar-refractivity contribution in [2.45, 2.75) is 0 Å². The van der Waals surface area contributed by atoms with E-state index in [1.807, 2.05) is 12.1 Å². The maximum absolute atomic E-state index is 4.74. The molecule has 4 heteroatoms. The van der Waals surface area contributed by atoms with Crippen LogP contribution in [0.25, 0.3) is 89.3 Å². The first kappa shape index (κ1) is 41.6. The topological polar surface area (TPSA) is 49.8 Å². The number of aromatic nitrogens is 2. The summed E-state index contributed by atoms with van der Waals surface area (Å²) < 4.78 is 0. The van der Waals surface area contributed by atoms with Gasteiger partial charge in [0, 0.05) is 33.9 Å². The van der Waals surface area contributed by atoms with Crippen molar-refractivity contribution in [3.05, 3.63) is 267 Å². The van der Waals surface area contributed by atoms with E-state index in [9.17, 15) is 0 Å². The summed E-state index contributed by atoms with van der Waals surface area (Å²) in [5.74, 6) is 0. The van der Waals surface area contributed by atoms with E-state index in [-0.39, 0.29) is 0 Å². The Morgan fingerprint density at radius 3 is 0.853 bits per heavy atom. The van der Waals surface area contributed by atoms with Crippen LogP contribution in [0.1, 0.15) is 0 Å². The lowest BCUT2D eigenvalue weighted by atomic mass is 9.92. The fourth-order valence-corrected chi connectivity index (χ4v) is 8.86. The second kappa shape index (κ2) is 19.2. The Morgan fingerprint density at radius 1 is 0.206 bits per heavy atom. The predicted molar refractivity (Wildman–Crippen MR) is 285 cm³/mol. The Kier molecular flexibility index (Phi) is 11.7. The molecule has 0 saturated heterocycles. The maximum atomic E-state index is 4.74. The second-order valence-electron chi connectivity index (χ2n) is 16.8. The summed E-state index contributed by atoms with van der Waals surface area (Å²) in [7, 11) is 0. The summed E-state index contributed by atoms with van der Waals surface area (Å²) in [5, 5.41) is 7.30. The number of anilines is 4. The molecule has 0 aliphatic carbocycles. The summed E-state index contributed by atoms with van der Waals surface area (Å²) in [6, 6.07) is 92.0. The van der Waals surface area contributed by atoms with Crippen molar-refractivity contribution in [3.63, 3.8) is 0 Å². The lowest BCUT2D eigenvalue weighted by Gasteiger charge is -2.15. The van der Waals surface area contributed by atoms with Gasteiger partial charge in [0.15, 0.2) is 0 Å². The molecule has 0 aliphatic heterocycles. The van der Waals surface area contributed by atoms with Crippen LogP contribution < -0.4 is 10.6 Å². The summed E-state index contributed by atoms with van der Waals surface area (Å²) in [6.07, 6.45) is 1.66. The highest BCUT2D eigenvalue weighted by Gasteiger charge is 2.14. The summed E-state index contributed by atoms with van der Waals surface area (Å²) in [5.41, 5.74) is 21.9. The first-order valence-electron chi connectivity index (χ1n) is 22.9. The van der Waals surface area contributed by atoms with Gasteiger partial charge in [0.05, 0.1) is 11.4 Å². The number of hydrogen-bond donors (Lipinski definition) is 2. The van der Waals surface area contributed by atoms with Gasteiger partial charge in [-0.1, -0.05) is 206 Å². The van der Waals surface area contributed by atoms with E-state index in [2.05, 4.69) is 259 Å². The van der Waals surface area contributed by atoms with Crippen molar-refractivity contribution >= 4 is 22.7 Å². The molecule has 0 amide bonds. The molecule has 10 aromatic carbocycles. The normalized spacial score (nSPS) is 10.9. The zero-order chi connectivity index (χ0) is 45.5. The fourth-order valence-electron chi connectivity index (χ4n) is 8.86. The van der Waals surface area contributed by atoms with E-state index in [1.165, 1.54) is 44.5 Å². The number of nitrogens with one attached hydrogen (secondary N) is 2. The minimum atomic E-state index is 0.866. The molecule has 0 unspecified atom stereocenters. The van der Waals surface area contributed by atoms with Crippen molar-refractivity contribution in [2.24, 2.45) is 0 Å². The smallest absolute Gasteiger partial charge is 0.116 e. The quantitative estimate of drug-likeness (QED) is 0.128. The van der Waals surface area contributed by atoms with E-state index < -0.39 is 0 Å². The van der Waals surface area contributed by atoms with Crippen LogP contribution in [0, 0.1) is 0 Å². The van der Waals surface area contributed by atoms with Crippen molar-refractivity contribution in [2.75, 3.05) is 10.6 Å². The first-order chi connectivity index (χ1) is 33.7. The van der Waals surface area contributed by atoms with Gasteiger partial charge in [-0.05, 0) is 121 Å². The number of rotatable bonds is 12. The third-order valence-corrected chi connectivity index (χ3v) is 12.4. The van der Waals surface area contributed by atoms with Crippen LogP contribution in [-0.4, -0.2) is 9.97 Å². The molecule has 0 atom stereocenters. The molecule has 2 N–H and O–H groups in total. The Hall–Kier alpha value is -9.12. The number of nitrogens with zero attached hydrogens (tertiary/aromatic N) is 2. The van der Waals surface area contributed by atoms with Crippen LogP contribution in [0.3, 0.4) is 0 Å². The zero-order valence-electron chi connectivity index (χ0n) is 37.3. The molecule has 0 saturated carbocycles. The molecule has 11 aromatic rings. The maximum Gasteiger partial charge on any atom is 0.116 e. The van der Waals surface area contributed by atoms with E-state index in [0.29, 0.717) is 0 Å². The Bertz CT molecular complexity index is 3200. The SMILES string of the molecule is c1ccc(-c2ccc(Nc3ccc(-c4ccccc4)c(-c4ccc(-c5cc(-c6ccc(-c7cc(Nc8ccc(-c9ccccc9)cc8)ccc7-c7ccccc7)cc6)ncn5)cc4)c3)cc2)cc1. The Morgan fingerprint density at radius 2 is 0.485 bits per heavy atom. The molecule has 1 heterocycles. The van der Waals surface area contributed by atoms with Crippen LogP contribution in [-0.2, 0) is 0 Å². The minimum absolute atomic E-state index is 0.866. The summed E-state index contributed by atoms with van der Waals surface area (Å²) in [4.78, 5) is 9.47. The molecule has 0 fully saturated rings. The highest BCUT2D eigenvalue weighted by molar-refractivity contribution is 5.89. The number of benzene rings is 10. The molecule has 0 aliphatic rings. The third-order valence-electron chi connectivity index (χ3n) is 12.4. The van der Waals surface area contributed by atoms with Crippen LogP contribution in [0.15, 0.2) is 267 Å². The highest BCUT2D eigenvalue weighted by Crippen LogP contribution is 2.39. The van der Waals surface area contributed by atoms with Crippen LogP contribution in [0.4, 0.5) is 22.7 Å². The lowest BCUT2D eigenvalue weighted by Crippen LogP contribution is -1.94. The van der Waals surface area contributed by atoms with Crippen molar-refractivity contribution in [1.82, 2.24) is 9.97 Å². The molecular formula is C64H46N4. The van der Waals surface area contributed by atoms with Gasteiger partial charge in [-0.2, -0.15) is 0 Å². The average Bonchev–Trinajstić information content (AvgIpc) is 3.42. The van der Waals surface area contributed by atoms with Gasteiger partial charge in [0.25, 0.3) is 0 Å². The molecule has 1 aromatic heterocycles. The molecule has 0 radical (unpaired) electrons. The fraction of sp³-hybridized carbons (Fsp3) is 0. The minimum Gasteiger partial charge on any atom is -0.356 e. The second-order valence-corrected chi connectivity index (χ2v) is 16.8. The van der Waals surface area contributed by atoms with Gasteiger partial charge in [-0.15, -0.1) is 0 Å². The van der Waals surface area contributed by atoms with Crippen LogP contribution >= 0.6 is 0 Å². The van der Waals surface area contributed by atoms with E-state index >= 15 is 0 Å². The zero-order valence-corrected chi connectivity index (χ0v) is 37.3. The van der Waals surface area contributed by atoms with Crippen LogP contribution in [0.5, 0.6) is 0 Å². The van der Waals surface area contributed by atoms with E-state index in [0.717, 1.165) is 67.5 Å². The molecule has 322 valence electrons. The number of hydrogen-bond acceptors (Lipinski definition) is 4. The standard InChI is InChI=1S/C64H46N4/c1-5-13-45(14-6-1)47-29-33-55(34-30-47)67-57-37-39-59(49-17-9-3-10-18-49)61(41-57)51-21-25-53(26-22-51)63-43-64(66-44-65-63)54-27-23-52(24-28-54)62-42-58(38-40-60(62)50-19-11-4-12-20-50)68-56-35-31-48(32-36-56)46-15-7-2-8-16-46/h1-44,67-68H. The van der Waals surface area contributed by atoms with Gasteiger partial charge in [0.1, 0.15) is 6.33 Å². The van der Waals surface area contributed by atoms with Gasteiger partial charge < -0.3 is 10.6 Å². The first-order valence-corrected chi connectivity index (χ1v) is 22.9. The Balaban J connectivity index is 0.847. The molecule has 11 rings (SSSR count). The molecular weight excluding hydrogens is 825 g/mol. The van der Waals surface area contributed by atoms with Gasteiger partial charge in [-0.25, -0.2) is 9.97 Å². The molecule has 68 heavy (non-hydrogen) atoms. The monoisotopic (exact) mass is 870 g/mol. The van der Waals surface area contributed by atoms with Crippen molar-refractivity contribution in [3.8, 4) is 89.3 Å². The van der Waals surface area contributed by atoms with Gasteiger partial charge in [-0.3, -0.25) is 0 Å². The molecule has 0 bridgehead atoms. The Labute approximate surface area is 398 Å². The van der Waals surface area contributed by atoms with Crippen molar-refractivity contribution < 1.29 is 0 Å². The summed E-state index contributed by atoms with van der Waals surface area (Å²) >= 11 is 0. The summed E-state index contributed by atoms with van der Waals surface area (Å²) in [6.45, 7) is 0. The molecule has 0 spiro atoms. The predicted octanol–water partition coefficient (Wildman–Crippen LogP) is 17.3. The van der Waals surface area contributed by atoms with E-state index in [4.69, 9.17) is 9.97 Å². The van der Waals surface area contributed by atoms with Gasteiger partial charge in [0.2, 0.25) is 0 Å².